The van der Waals surface area contributed by atoms with Crippen molar-refractivity contribution in [1.29, 1.82) is 0 Å². The lowest BCUT2D eigenvalue weighted by atomic mass is 9.96. The minimum atomic E-state index is -0.211. The molecule has 1 N–H and O–H groups in total. The maximum Gasteiger partial charge on any atom is 0.231 e. The van der Waals surface area contributed by atoms with Gasteiger partial charge in [0.1, 0.15) is 12.4 Å². The molecule has 4 rings (SSSR count). The van der Waals surface area contributed by atoms with E-state index in [9.17, 15) is 9.59 Å². The maximum atomic E-state index is 12.6. The van der Waals surface area contributed by atoms with Crippen molar-refractivity contribution in [2.24, 2.45) is 5.92 Å². The molecule has 2 heterocycles. The number of nitrogens with zero attached hydrogens (tertiary/aromatic N) is 1. The number of benzene rings is 2. The van der Waals surface area contributed by atoms with Crippen LogP contribution in [-0.4, -0.2) is 49.6 Å². The van der Waals surface area contributed by atoms with E-state index in [2.05, 4.69) is 5.32 Å². The van der Waals surface area contributed by atoms with Crippen LogP contribution in [0.4, 0.5) is 5.69 Å². The molecule has 2 aliphatic rings. The van der Waals surface area contributed by atoms with Gasteiger partial charge in [0, 0.05) is 18.8 Å². The zero-order valence-electron chi connectivity index (χ0n) is 15.7. The minimum absolute atomic E-state index is 0.0494. The van der Waals surface area contributed by atoms with Crippen molar-refractivity contribution in [2.75, 3.05) is 38.2 Å². The molecule has 0 aliphatic carbocycles. The number of nitrogens with one attached hydrogen (secondary N) is 1. The molecule has 0 radical (unpaired) electrons. The van der Waals surface area contributed by atoms with E-state index in [-0.39, 0.29) is 17.7 Å². The summed E-state index contributed by atoms with van der Waals surface area (Å²) in [5.74, 6) is 0.711. The molecule has 2 amide bonds. The second-order valence-corrected chi connectivity index (χ2v) is 7.18. The summed E-state index contributed by atoms with van der Waals surface area (Å²) in [5, 5.41) is 2.96. The van der Waals surface area contributed by atoms with E-state index >= 15 is 0 Å². The van der Waals surface area contributed by atoms with Crippen LogP contribution in [0.25, 0.3) is 0 Å². The summed E-state index contributed by atoms with van der Waals surface area (Å²) in [6, 6.07) is 15.3. The number of hydrogen-bond acceptors (Lipinski definition) is 4. The number of carbonyl (C=O) groups is 2. The number of hydrogen-bond donors (Lipinski definition) is 1. The Morgan fingerprint density at radius 2 is 1.79 bits per heavy atom. The Hall–Kier alpha value is -2.86. The molecule has 2 aromatic rings. The lowest BCUT2D eigenvalue weighted by Gasteiger charge is -2.27. The van der Waals surface area contributed by atoms with E-state index in [4.69, 9.17) is 9.47 Å². The standard InChI is InChI=1S/C22H24N2O4/c25-21(24-9-11-27-12-10-24)13-16-5-7-19(8-6-16)23-22(26)18-14-17-3-1-2-4-20(17)28-15-18/h1-8,18H,9-15H2,(H,23,26). The molecule has 0 aromatic heterocycles. The highest BCUT2D eigenvalue weighted by Gasteiger charge is 2.25. The fraction of sp³-hybridized carbons (Fsp3) is 0.364. The van der Waals surface area contributed by atoms with Gasteiger partial charge in [-0.3, -0.25) is 9.59 Å². The third kappa shape index (κ3) is 4.34. The van der Waals surface area contributed by atoms with Gasteiger partial charge in [0.25, 0.3) is 0 Å². The second kappa shape index (κ2) is 8.44. The Bertz CT molecular complexity index is 844. The molecule has 1 unspecified atom stereocenters. The predicted molar refractivity (Wildman–Crippen MR) is 105 cm³/mol. The number of ether oxygens (including phenoxy) is 2. The Labute approximate surface area is 164 Å². The topological polar surface area (TPSA) is 67.9 Å². The highest BCUT2D eigenvalue weighted by molar-refractivity contribution is 5.93. The Morgan fingerprint density at radius 3 is 2.57 bits per heavy atom. The van der Waals surface area contributed by atoms with E-state index in [0.29, 0.717) is 45.8 Å². The van der Waals surface area contributed by atoms with E-state index in [1.165, 1.54) is 0 Å². The summed E-state index contributed by atoms with van der Waals surface area (Å²) in [5.41, 5.74) is 2.72. The van der Waals surface area contributed by atoms with Crippen LogP contribution in [0.3, 0.4) is 0 Å². The molecule has 28 heavy (non-hydrogen) atoms. The van der Waals surface area contributed by atoms with Crippen LogP contribution in [0.2, 0.25) is 0 Å². The third-order valence-corrected chi connectivity index (χ3v) is 5.19. The van der Waals surface area contributed by atoms with E-state index < -0.39 is 0 Å². The van der Waals surface area contributed by atoms with E-state index in [1.807, 2.05) is 53.4 Å². The molecule has 146 valence electrons. The number of rotatable bonds is 4. The summed E-state index contributed by atoms with van der Waals surface area (Å²) in [7, 11) is 0. The molecule has 2 aromatic carbocycles. The Morgan fingerprint density at radius 1 is 1.04 bits per heavy atom. The molecule has 0 spiro atoms. The third-order valence-electron chi connectivity index (χ3n) is 5.19. The Kier molecular flexibility index (Phi) is 5.58. The smallest absolute Gasteiger partial charge is 0.231 e. The van der Waals surface area contributed by atoms with Gasteiger partial charge < -0.3 is 19.7 Å². The summed E-state index contributed by atoms with van der Waals surface area (Å²) >= 11 is 0. The van der Waals surface area contributed by atoms with Gasteiger partial charge in [0.15, 0.2) is 0 Å². The number of carbonyl (C=O) groups excluding carboxylic acids is 2. The average Bonchev–Trinajstić information content (AvgIpc) is 2.75. The minimum Gasteiger partial charge on any atom is -0.492 e. The lowest BCUT2D eigenvalue weighted by Crippen LogP contribution is -2.41. The van der Waals surface area contributed by atoms with Gasteiger partial charge in [0.2, 0.25) is 11.8 Å². The fourth-order valence-corrected chi connectivity index (χ4v) is 3.55. The van der Waals surface area contributed by atoms with E-state index in [1.54, 1.807) is 0 Å². The second-order valence-electron chi connectivity index (χ2n) is 7.18. The van der Waals surface area contributed by atoms with Gasteiger partial charge >= 0.3 is 0 Å². The monoisotopic (exact) mass is 380 g/mol. The summed E-state index contributed by atoms with van der Waals surface area (Å²) < 4.78 is 11.0. The first kappa shape index (κ1) is 18.5. The number of amides is 2. The number of para-hydroxylation sites is 1. The quantitative estimate of drug-likeness (QED) is 0.884. The highest BCUT2D eigenvalue weighted by atomic mass is 16.5. The van der Waals surface area contributed by atoms with Gasteiger partial charge in [-0.05, 0) is 35.7 Å². The van der Waals surface area contributed by atoms with Crippen LogP contribution in [0.15, 0.2) is 48.5 Å². The SMILES string of the molecule is O=C(Nc1ccc(CC(=O)N2CCOCC2)cc1)C1COc2ccccc2C1. The van der Waals surface area contributed by atoms with Crippen LogP contribution in [-0.2, 0) is 27.2 Å². The summed E-state index contributed by atoms with van der Waals surface area (Å²) in [6.45, 7) is 2.90. The molecule has 1 saturated heterocycles. The molecule has 1 fully saturated rings. The average molecular weight is 380 g/mol. The first-order valence-electron chi connectivity index (χ1n) is 9.65. The molecule has 0 saturated carbocycles. The number of fused-ring (bicyclic) bond motifs is 1. The van der Waals surface area contributed by atoms with Gasteiger partial charge in [-0.2, -0.15) is 0 Å². The van der Waals surface area contributed by atoms with Crippen molar-refractivity contribution in [3.63, 3.8) is 0 Å². The summed E-state index contributed by atoms with van der Waals surface area (Å²) in [4.78, 5) is 26.7. The lowest BCUT2D eigenvalue weighted by molar-refractivity contribution is -0.134. The van der Waals surface area contributed by atoms with Crippen molar-refractivity contribution in [3.05, 3.63) is 59.7 Å². The van der Waals surface area contributed by atoms with Crippen LogP contribution in [0, 0.1) is 5.92 Å². The maximum absolute atomic E-state index is 12.6. The predicted octanol–water partition coefficient (Wildman–Crippen LogP) is 2.28. The van der Waals surface area contributed by atoms with Crippen LogP contribution in [0.5, 0.6) is 5.75 Å². The van der Waals surface area contributed by atoms with Crippen molar-refractivity contribution in [2.45, 2.75) is 12.8 Å². The molecule has 2 aliphatic heterocycles. The molecular formula is C22H24N2O4. The first-order valence-corrected chi connectivity index (χ1v) is 9.65. The van der Waals surface area contributed by atoms with Crippen LogP contribution in [0.1, 0.15) is 11.1 Å². The molecule has 6 nitrogen and oxygen atoms in total. The molecule has 1 atom stereocenters. The number of morpholine rings is 1. The summed E-state index contributed by atoms with van der Waals surface area (Å²) in [6.07, 6.45) is 1.04. The first-order chi connectivity index (χ1) is 13.7. The van der Waals surface area contributed by atoms with Gasteiger partial charge in [-0.1, -0.05) is 30.3 Å². The Balaban J connectivity index is 1.32. The van der Waals surface area contributed by atoms with Crippen molar-refractivity contribution >= 4 is 17.5 Å². The molecule has 6 heteroatoms. The molecule has 0 bridgehead atoms. The normalized spacial score (nSPS) is 18.7. The zero-order valence-corrected chi connectivity index (χ0v) is 15.7. The van der Waals surface area contributed by atoms with Crippen molar-refractivity contribution in [3.8, 4) is 5.75 Å². The van der Waals surface area contributed by atoms with Crippen molar-refractivity contribution < 1.29 is 19.1 Å². The molecular weight excluding hydrogens is 356 g/mol. The zero-order chi connectivity index (χ0) is 19.3. The van der Waals surface area contributed by atoms with Crippen LogP contribution >= 0.6 is 0 Å². The van der Waals surface area contributed by atoms with Gasteiger partial charge in [-0.25, -0.2) is 0 Å². The fourth-order valence-electron chi connectivity index (χ4n) is 3.55. The van der Waals surface area contributed by atoms with Crippen molar-refractivity contribution in [1.82, 2.24) is 4.90 Å². The van der Waals surface area contributed by atoms with Crippen LogP contribution < -0.4 is 10.1 Å². The van der Waals surface area contributed by atoms with E-state index in [0.717, 1.165) is 22.6 Å². The largest absolute Gasteiger partial charge is 0.492 e. The number of anilines is 1. The van der Waals surface area contributed by atoms with Gasteiger partial charge in [-0.15, -0.1) is 0 Å². The highest BCUT2D eigenvalue weighted by Crippen LogP contribution is 2.27. The van der Waals surface area contributed by atoms with Gasteiger partial charge in [0.05, 0.1) is 25.6 Å².